The van der Waals surface area contributed by atoms with Crippen LogP contribution in [0.5, 0.6) is 5.75 Å². The zero-order valence-electron chi connectivity index (χ0n) is 17.0. The number of carboxylic acids is 1. The molecule has 0 unspecified atom stereocenters. The van der Waals surface area contributed by atoms with Crippen LogP contribution in [0, 0.1) is 0 Å². The summed E-state index contributed by atoms with van der Waals surface area (Å²) in [6, 6.07) is 11.7. The molecule has 152 valence electrons. The van der Waals surface area contributed by atoms with Crippen LogP contribution < -0.4 is 34.3 Å². The van der Waals surface area contributed by atoms with Crippen molar-refractivity contribution in [3.63, 3.8) is 0 Å². The quantitative estimate of drug-likeness (QED) is 0.557. The van der Waals surface area contributed by atoms with Crippen molar-refractivity contribution in [2.24, 2.45) is 0 Å². The summed E-state index contributed by atoms with van der Waals surface area (Å²) < 4.78 is 30.7. The van der Waals surface area contributed by atoms with E-state index in [9.17, 15) is 13.2 Å². The molecule has 29 heavy (non-hydrogen) atoms. The maximum Gasteiger partial charge on any atom is 1.00 e. The van der Waals surface area contributed by atoms with E-state index < -0.39 is 22.6 Å². The molecule has 1 N–H and O–H groups in total. The van der Waals surface area contributed by atoms with Gasteiger partial charge >= 0.3 is 35.5 Å². The summed E-state index contributed by atoms with van der Waals surface area (Å²) in [4.78, 5) is 10.6. The first kappa shape index (κ1) is 26.0. The van der Waals surface area contributed by atoms with Crippen molar-refractivity contribution < 1.29 is 54.0 Å². The first-order valence-corrected chi connectivity index (χ1v) is 10.8. The predicted molar refractivity (Wildman–Crippen MR) is 111 cm³/mol. The van der Waals surface area contributed by atoms with Gasteiger partial charge in [-0.2, -0.15) is 4.31 Å². The second kappa shape index (κ2) is 12.0. The maximum atomic E-state index is 12.1. The van der Waals surface area contributed by atoms with E-state index in [0.717, 1.165) is 11.8 Å². The van der Waals surface area contributed by atoms with Crippen molar-refractivity contribution in [2.45, 2.75) is 6.54 Å². The van der Waals surface area contributed by atoms with Crippen LogP contribution in [0.1, 0.15) is 12.6 Å². The molecular formula is C19H20Cl2NNaO5S. The van der Waals surface area contributed by atoms with Crippen molar-refractivity contribution in [2.75, 3.05) is 19.4 Å². The molecule has 0 aliphatic carbocycles. The summed E-state index contributed by atoms with van der Waals surface area (Å²) in [5.41, 5.74) is 1.43. The van der Waals surface area contributed by atoms with Gasteiger partial charge in [0.25, 0.3) is 0 Å². The summed E-state index contributed by atoms with van der Waals surface area (Å²) in [6.07, 6.45) is 4.57. The van der Waals surface area contributed by atoms with E-state index >= 15 is 0 Å². The zero-order valence-corrected chi connectivity index (χ0v) is 20.3. The number of ether oxygens (including phenoxy) is 1. The number of carbonyl (C=O) groups is 1. The van der Waals surface area contributed by atoms with Gasteiger partial charge in [-0.25, -0.2) is 13.2 Å². The number of carboxylic acid groups (broad SMARTS) is 1. The second-order valence-corrected chi connectivity index (χ2v) is 8.85. The molecular weight excluding hydrogens is 448 g/mol. The number of nitrogens with zero attached hydrogens (tertiary/aromatic N) is 1. The summed E-state index contributed by atoms with van der Waals surface area (Å²) in [6.45, 7) is -0.211. The van der Waals surface area contributed by atoms with Crippen LogP contribution in [0.25, 0.3) is 6.08 Å². The molecule has 0 aliphatic heterocycles. The van der Waals surface area contributed by atoms with Crippen LogP contribution in [-0.4, -0.2) is 43.2 Å². The van der Waals surface area contributed by atoms with E-state index in [2.05, 4.69) is 0 Å². The molecule has 0 fully saturated rings. The standard InChI is InChI=1S/C19H19Cl2NO5S.Na.H/c1-28(25,26)22(7-3-5-14-8-16(20)11-17(21)9-14)12-15-4-2-6-18(10-15)27-13-19(23)24;;/h2-6,8-11H,7,12-13H2,1H3,(H,23,24);;/q;+1;-1. The van der Waals surface area contributed by atoms with Crippen molar-refractivity contribution in [1.82, 2.24) is 4.31 Å². The number of hydrogen-bond acceptors (Lipinski definition) is 4. The van der Waals surface area contributed by atoms with Gasteiger partial charge < -0.3 is 11.3 Å². The van der Waals surface area contributed by atoms with Crippen LogP contribution in [-0.2, 0) is 21.4 Å². The largest absolute Gasteiger partial charge is 1.00 e. The first-order valence-electron chi connectivity index (χ1n) is 8.15. The van der Waals surface area contributed by atoms with Crippen LogP contribution in [0.3, 0.4) is 0 Å². The third-order valence-electron chi connectivity index (χ3n) is 3.59. The minimum absolute atomic E-state index is 0. The second-order valence-electron chi connectivity index (χ2n) is 5.99. The molecule has 0 radical (unpaired) electrons. The Morgan fingerprint density at radius 3 is 2.45 bits per heavy atom. The Labute approximate surface area is 203 Å². The summed E-state index contributed by atoms with van der Waals surface area (Å²) in [7, 11) is -3.48. The Kier molecular flexibility index (Phi) is 10.7. The molecule has 0 spiro atoms. The molecule has 6 nitrogen and oxygen atoms in total. The van der Waals surface area contributed by atoms with Crippen molar-refractivity contribution in [1.29, 1.82) is 0 Å². The molecule has 0 heterocycles. The van der Waals surface area contributed by atoms with Crippen LogP contribution in [0.15, 0.2) is 48.5 Å². The normalized spacial score (nSPS) is 11.4. The molecule has 0 aliphatic rings. The van der Waals surface area contributed by atoms with E-state index in [1.807, 2.05) is 0 Å². The van der Waals surface area contributed by atoms with E-state index in [1.165, 1.54) is 4.31 Å². The minimum Gasteiger partial charge on any atom is -1.00 e. The Bertz CT molecular complexity index is 968. The smallest absolute Gasteiger partial charge is 1.00 e. The topological polar surface area (TPSA) is 83.9 Å². The number of hydrogen-bond donors (Lipinski definition) is 1. The van der Waals surface area contributed by atoms with Crippen molar-refractivity contribution >= 4 is 45.3 Å². The molecule has 0 bridgehead atoms. The number of halogens is 2. The summed E-state index contributed by atoms with van der Waals surface area (Å²) >= 11 is 11.9. The predicted octanol–water partition coefficient (Wildman–Crippen LogP) is 1.05. The van der Waals surface area contributed by atoms with Crippen molar-refractivity contribution in [3.05, 3.63) is 69.7 Å². The maximum absolute atomic E-state index is 12.1. The minimum atomic E-state index is -3.48. The third-order valence-corrected chi connectivity index (χ3v) is 5.25. The Morgan fingerprint density at radius 2 is 1.86 bits per heavy atom. The van der Waals surface area contributed by atoms with Gasteiger partial charge in [-0.3, -0.25) is 0 Å². The van der Waals surface area contributed by atoms with E-state index in [0.29, 0.717) is 21.4 Å². The van der Waals surface area contributed by atoms with Crippen LogP contribution in [0.2, 0.25) is 10.0 Å². The van der Waals surface area contributed by atoms with Gasteiger partial charge in [0.05, 0.1) is 6.26 Å². The average Bonchev–Trinajstić information content (AvgIpc) is 2.58. The summed E-state index contributed by atoms with van der Waals surface area (Å²) in [5, 5.41) is 9.67. The van der Waals surface area contributed by atoms with Gasteiger partial charge in [-0.1, -0.05) is 47.5 Å². The van der Waals surface area contributed by atoms with E-state index in [-0.39, 0.29) is 44.1 Å². The van der Waals surface area contributed by atoms with Gasteiger partial charge in [0, 0.05) is 23.1 Å². The molecule has 0 saturated carbocycles. The Balaban J connectivity index is 0.00000420. The SMILES string of the molecule is CS(=O)(=O)N(CC=Cc1cc(Cl)cc(Cl)c1)Cc1cccc(OCC(=O)O)c1.[H-].[Na+]. The fourth-order valence-corrected chi connectivity index (χ4v) is 3.66. The first-order chi connectivity index (χ1) is 13.1. The van der Waals surface area contributed by atoms with Gasteiger partial charge in [-0.05, 0) is 41.5 Å². The molecule has 2 aromatic rings. The Morgan fingerprint density at radius 1 is 1.21 bits per heavy atom. The molecule has 0 saturated heterocycles. The molecule has 2 aromatic carbocycles. The van der Waals surface area contributed by atoms with Gasteiger partial charge in [0.2, 0.25) is 10.0 Å². The number of rotatable bonds is 9. The molecule has 0 amide bonds. The van der Waals surface area contributed by atoms with Gasteiger partial charge in [0.15, 0.2) is 6.61 Å². The number of sulfonamides is 1. The monoisotopic (exact) mass is 467 g/mol. The third kappa shape index (κ3) is 9.53. The van der Waals surface area contributed by atoms with Gasteiger partial charge in [-0.15, -0.1) is 0 Å². The zero-order chi connectivity index (χ0) is 20.7. The fraction of sp³-hybridized carbons (Fsp3) is 0.211. The molecule has 2 rings (SSSR count). The molecule has 0 aromatic heterocycles. The van der Waals surface area contributed by atoms with Gasteiger partial charge in [0.1, 0.15) is 5.75 Å². The molecule has 10 heteroatoms. The van der Waals surface area contributed by atoms with Crippen LogP contribution in [0.4, 0.5) is 0 Å². The van der Waals surface area contributed by atoms with Crippen molar-refractivity contribution in [3.8, 4) is 5.75 Å². The summed E-state index contributed by atoms with van der Waals surface area (Å²) in [5.74, 6) is -0.730. The van der Waals surface area contributed by atoms with E-state index in [4.69, 9.17) is 33.0 Å². The van der Waals surface area contributed by atoms with E-state index in [1.54, 1.807) is 54.6 Å². The van der Waals surface area contributed by atoms with Crippen LogP contribution >= 0.6 is 23.2 Å². The fourth-order valence-electron chi connectivity index (χ4n) is 2.38. The molecule has 0 atom stereocenters. The average molecular weight is 468 g/mol. The Hall–Kier alpha value is -1.06. The number of aliphatic carboxylic acids is 1. The number of benzene rings is 2.